The van der Waals surface area contributed by atoms with Crippen molar-refractivity contribution in [3.63, 3.8) is 0 Å². The fourth-order valence-corrected chi connectivity index (χ4v) is 3.91. The van der Waals surface area contributed by atoms with Crippen molar-refractivity contribution in [2.24, 2.45) is 5.92 Å². The van der Waals surface area contributed by atoms with Gasteiger partial charge in [0.2, 0.25) is 0 Å². The van der Waals surface area contributed by atoms with Crippen molar-refractivity contribution < 1.29 is 14.9 Å². The largest absolute Gasteiger partial charge is 0.504 e. The SMILES string of the molecule is C#CCNC[C@@H]1OC(C2CCCCC2)Cc2c1ccc(O)c2O. The van der Waals surface area contributed by atoms with E-state index >= 15 is 0 Å². The maximum absolute atomic E-state index is 10.3. The highest BCUT2D eigenvalue weighted by atomic mass is 16.5. The van der Waals surface area contributed by atoms with Gasteiger partial charge >= 0.3 is 0 Å². The molecule has 1 saturated carbocycles. The van der Waals surface area contributed by atoms with E-state index in [1.54, 1.807) is 0 Å². The van der Waals surface area contributed by atoms with E-state index in [9.17, 15) is 10.2 Å². The highest BCUT2D eigenvalue weighted by Gasteiger charge is 2.34. The lowest BCUT2D eigenvalue weighted by Crippen LogP contribution is -2.37. The van der Waals surface area contributed by atoms with Crippen molar-refractivity contribution in [3.8, 4) is 23.8 Å². The Morgan fingerprint density at radius 1 is 1.22 bits per heavy atom. The van der Waals surface area contributed by atoms with Crippen LogP contribution in [0.3, 0.4) is 0 Å². The minimum Gasteiger partial charge on any atom is -0.504 e. The second kappa shape index (κ2) is 7.25. The normalized spacial score (nSPS) is 24.8. The molecule has 1 heterocycles. The second-order valence-corrected chi connectivity index (χ2v) is 6.60. The molecule has 1 aliphatic carbocycles. The molecule has 1 fully saturated rings. The molecule has 0 spiro atoms. The summed E-state index contributed by atoms with van der Waals surface area (Å²) in [6.07, 6.45) is 12.1. The third-order valence-corrected chi connectivity index (χ3v) is 5.12. The molecule has 0 saturated heterocycles. The Labute approximate surface area is 137 Å². The van der Waals surface area contributed by atoms with E-state index in [1.165, 1.54) is 38.2 Å². The molecular weight excluding hydrogens is 290 g/mol. The molecule has 0 aromatic heterocycles. The van der Waals surface area contributed by atoms with Gasteiger partial charge in [-0.15, -0.1) is 6.42 Å². The maximum Gasteiger partial charge on any atom is 0.161 e. The van der Waals surface area contributed by atoms with Crippen LogP contribution in [0.25, 0.3) is 0 Å². The quantitative estimate of drug-likeness (QED) is 0.454. The van der Waals surface area contributed by atoms with Gasteiger partial charge in [-0.25, -0.2) is 0 Å². The van der Waals surface area contributed by atoms with E-state index in [0.29, 0.717) is 25.4 Å². The van der Waals surface area contributed by atoms with Gasteiger partial charge in [-0.05, 0) is 30.4 Å². The Morgan fingerprint density at radius 2 is 2.00 bits per heavy atom. The van der Waals surface area contributed by atoms with Crippen molar-refractivity contribution in [1.29, 1.82) is 0 Å². The van der Waals surface area contributed by atoms with Crippen LogP contribution in [0, 0.1) is 18.3 Å². The number of phenolic OH excluding ortho intramolecular Hbond substituents is 2. The summed E-state index contributed by atoms with van der Waals surface area (Å²) in [5, 5.41) is 23.3. The third kappa shape index (κ3) is 3.46. The molecular formula is C19H25NO3. The number of fused-ring (bicyclic) bond motifs is 1. The summed E-state index contributed by atoms with van der Waals surface area (Å²) < 4.78 is 6.37. The highest BCUT2D eigenvalue weighted by Crippen LogP contribution is 2.43. The minimum absolute atomic E-state index is 0.00793. The Bertz CT molecular complexity index is 587. The van der Waals surface area contributed by atoms with E-state index in [2.05, 4.69) is 11.2 Å². The fourth-order valence-electron chi connectivity index (χ4n) is 3.91. The molecule has 1 aliphatic heterocycles. The predicted octanol–water partition coefficient (Wildman–Crippen LogP) is 2.88. The van der Waals surface area contributed by atoms with Crippen molar-refractivity contribution >= 4 is 0 Å². The van der Waals surface area contributed by atoms with Crippen LogP contribution in [0.2, 0.25) is 0 Å². The Morgan fingerprint density at radius 3 is 2.74 bits per heavy atom. The lowest BCUT2D eigenvalue weighted by atomic mass is 9.80. The lowest BCUT2D eigenvalue weighted by Gasteiger charge is -2.38. The molecule has 2 atom stereocenters. The number of hydrogen-bond acceptors (Lipinski definition) is 4. The van der Waals surface area contributed by atoms with Crippen molar-refractivity contribution in [2.45, 2.75) is 50.7 Å². The number of ether oxygens (including phenoxy) is 1. The summed E-state index contributed by atoms with van der Waals surface area (Å²) in [4.78, 5) is 0. The summed E-state index contributed by atoms with van der Waals surface area (Å²) >= 11 is 0. The molecule has 23 heavy (non-hydrogen) atoms. The van der Waals surface area contributed by atoms with Gasteiger partial charge in [0, 0.05) is 18.5 Å². The lowest BCUT2D eigenvalue weighted by molar-refractivity contribution is -0.0623. The third-order valence-electron chi connectivity index (χ3n) is 5.12. The van der Waals surface area contributed by atoms with E-state index in [-0.39, 0.29) is 23.7 Å². The summed E-state index contributed by atoms with van der Waals surface area (Å²) in [6.45, 7) is 1.11. The van der Waals surface area contributed by atoms with Gasteiger partial charge in [-0.2, -0.15) is 0 Å². The standard InChI is InChI=1S/C19H25NO3/c1-2-10-20-12-18-14-8-9-16(21)19(22)15(14)11-17(23-18)13-6-4-3-5-7-13/h1,8-9,13,17-18,20-22H,3-7,10-12H2/t17?,18-/m0/s1. The topological polar surface area (TPSA) is 61.7 Å². The summed E-state index contributed by atoms with van der Waals surface area (Å²) in [6, 6.07) is 3.39. The van der Waals surface area contributed by atoms with Gasteiger partial charge in [-0.1, -0.05) is 31.2 Å². The summed E-state index contributed by atoms with van der Waals surface area (Å²) in [5.41, 5.74) is 1.79. The average molecular weight is 315 g/mol. The van der Waals surface area contributed by atoms with Crippen LogP contribution in [0.4, 0.5) is 0 Å². The van der Waals surface area contributed by atoms with Crippen LogP contribution < -0.4 is 5.32 Å². The molecule has 4 heteroatoms. The van der Waals surface area contributed by atoms with Gasteiger partial charge in [0.05, 0.1) is 18.8 Å². The zero-order valence-electron chi connectivity index (χ0n) is 13.4. The maximum atomic E-state index is 10.3. The number of aromatic hydroxyl groups is 2. The first-order chi connectivity index (χ1) is 11.2. The molecule has 4 nitrogen and oxygen atoms in total. The van der Waals surface area contributed by atoms with E-state index in [1.807, 2.05) is 6.07 Å². The molecule has 3 N–H and O–H groups in total. The van der Waals surface area contributed by atoms with Crippen LogP contribution in [0.5, 0.6) is 11.5 Å². The first-order valence-corrected chi connectivity index (χ1v) is 8.54. The number of benzene rings is 1. The number of hydrogen-bond donors (Lipinski definition) is 3. The van der Waals surface area contributed by atoms with Crippen LogP contribution in [-0.2, 0) is 11.2 Å². The first kappa shape index (κ1) is 16.2. The average Bonchev–Trinajstić information content (AvgIpc) is 2.59. The summed E-state index contributed by atoms with van der Waals surface area (Å²) in [5.74, 6) is 3.06. The van der Waals surface area contributed by atoms with Crippen molar-refractivity contribution in [2.75, 3.05) is 13.1 Å². The molecule has 0 radical (unpaired) electrons. The van der Waals surface area contributed by atoms with Crippen LogP contribution in [0.15, 0.2) is 12.1 Å². The smallest absolute Gasteiger partial charge is 0.161 e. The zero-order chi connectivity index (χ0) is 16.2. The highest BCUT2D eigenvalue weighted by molar-refractivity contribution is 5.51. The van der Waals surface area contributed by atoms with Crippen molar-refractivity contribution in [3.05, 3.63) is 23.3 Å². The molecule has 3 rings (SSSR count). The van der Waals surface area contributed by atoms with Gasteiger partial charge in [-0.3, -0.25) is 0 Å². The zero-order valence-corrected chi connectivity index (χ0v) is 13.4. The summed E-state index contributed by atoms with van der Waals surface area (Å²) in [7, 11) is 0. The fraction of sp³-hybridized carbons (Fsp3) is 0.579. The van der Waals surface area contributed by atoms with Gasteiger partial charge in [0.25, 0.3) is 0 Å². The molecule has 2 aliphatic rings. The molecule has 1 aromatic carbocycles. The predicted molar refractivity (Wildman–Crippen MR) is 89.4 cm³/mol. The second-order valence-electron chi connectivity index (χ2n) is 6.60. The van der Waals surface area contributed by atoms with Crippen LogP contribution in [0.1, 0.15) is 49.3 Å². The van der Waals surface area contributed by atoms with E-state index in [4.69, 9.17) is 11.2 Å². The molecule has 124 valence electrons. The Hall–Kier alpha value is -1.70. The number of phenols is 2. The number of nitrogens with one attached hydrogen (secondary N) is 1. The van der Waals surface area contributed by atoms with E-state index < -0.39 is 0 Å². The van der Waals surface area contributed by atoms with Crippen LogP contribution in [-0.4, -0.2) is 29.4 Å². The van der Waals surface area contributed by atoms with Crippen molar-refractivity contribution in [1.82, 2.24) is 5.32 Å². The van der Waals surface area contributed by atoms with Gasteiger partial charge in [0.15, 0.2) is 11.5 Å². The van der Waals surface area contributed by atoms with E-state index in [0.717, 1.165) is 11.1 Å². The minimum atomic E-state index is -0.134. The molecule has 1 unspecified atom stereocenters. The first-order valence-electron chi connectivity index (χ1n) is 8.54. The van der Waals surface area contributed by atoms with Crippen LogP contribution >= 0.6 is 0 Å². The monoisotopic (exact) mass is 315 g/mol. The number of terminal acetylenes is 1. The Balaban J connectivity index is 1.84. The van der Waals surface area contributed by atoms with Gasteiger partial charge in [0.1, 0.15) is 0 Å². The molecule has 1 aromatic rings. The Kier molecular flexibility index (Phi) is 5.09. The van der Waals surface area contributed by atoms with Gasteiger partial charge < -0.3 is 20.3 Å². The molecule has 0 amide bonds. The number of rotatable bonds is 4. The molecule has 0 bridgehead atoms.